The number of fused-ring (bicyclic) bond motifs is 1. The highest BCUT2D eigenvalue weighted by atomic mass is 32.2. The van der Waals surface area contributed by atoms with Crippen molar-refractivity contribution in [2.24, 2.45) is 0 Å². The summed E-state index contributed by atoms with van der Waals surface area (Å²) in [5.74, 6) is 0.370. The zero-order valence-electron chi connectivity index (χ0n) is 16.1. The summed E-state index contributed by atoms with van der Waals surface area (Å²) in [5.41, 5.74) is 2.34. The van der Waals surface area contributed by atoms with Gasteiger partial charge in [-0.1, -0.05) is 18.2 Å². The lowest BCUT2D eigenvalue weighted by Crippen LogP contribution is -2.48. The van der Waals surface area contributed by atoms with Gasteiger partial charge in [0.05, 0.1) is 11.5 Å². The molecule has 162 valence electrons. The van der Waals surface area contributed by atoms with Gasteiger partial charge in [0.25, 0.3) is 0 Å². The van der Waals surface area contributed by atoms with Crippen molar-refractivity contribution in [3.8, 4) is 11.5 Å². The van der Waals surface area contributed by atoms with Crippen LogP contribution < -0.4 is 9.47 Å². The number of halogens is 3. The van der Waals surface area contributed by atoms with Crippen LogP contribution in [0.3, 0.4) is 0 Å². The van der Waals surface area contributed by atoms with Crippen LogP contribution in [0.25, 0.3) is 0 Å². The zero-order valence-corrected chi connectivity index (χ0v) is 16.9. The van der Waals surface area contributed by atoms with E-state index in [2.05, 4.69) is 15.7 Å². The predicted molar refractivity (Wildman–Crippen MR) is 103 cm³/mol. The Hall–Kier alpha value is -2.30. The first kappa shape index (κ1) is 21.0. The quantitative estimate of drug-likeness (QED) is 0.713. The molecule has 0 spiro atoms. The lowest BCUT2D eigenvalue weighted by atomic mass is 10.1. The minimum Gasteiger partial charge on any atom is -0.493 e. The molecule has 4 rings (SSSR count). The molecule has 0 amide bonds. The van der Waals surface area contributed by atoms with Crippen LogP contribution in [-0.2, 0) is 23.0 Å². The average molecular weight is 442 g/mol. The maximum Gasteiger partial charge on any atom is 0.573 e. The van der Waals surface area contributed by atoms with Crippen molar-refractivity contribution in [2.75, 3.05) is 32.8 Å². The molecule has 0 atom stereocenters. The Labute approximate surface area is 172 Å². The Morgan fingerprint density at radius 1 is 1.03 bits per heavy atom. The van der Waals surface area contributed by atoms with Gasteiger partial charge in [0.1, 0.15) is 11.5 Å². The summed E-state index contributed by atoms with van der Waals surface area (Å²) in [7, 11) is -3.90. The van der Waals surface area contributed by atoms with E-state index >= 15 is 0 Å². The SMILES string of the molecule is O=S(=O)(c1cccc(OC(F)(F)F)c1)N1CCN(Cc2ccc3c(c2)CCO3)CC1. The third-order valence-corrected chi connectivity index (χ3v) is 7.06. The third-order valence-electron chi connectivity index (χ3n) is 5.17. The standard InChI is InChI=1S/C20H21F3N2O4S/c21-20(22,23)29-17-2-1-3-18(13-17)30(26,27)25-9-7-24(8-10-25)14-15-4-5-19-16(12-15)6-11-28-19/h1-5,12-13H,6-11,14H2. The predicted octanol–water partition coefficient (Wildman–Crippen LogP) is 3.03. The number of hydrogen-bond donors (Lipinski definition) is 0. The van der Waals surface area contributed by atoms with Crippen LogP contribution in [0.15, 0.2) is 47.4 Å². The van der Waals surface area contributed by atoms with Gasteiger partial charge in [0.15, 0.2) is 0 Å². The second-order valence-electron chi connectivity index (χ2n) is 7.24. The molecule has 0 aliphatic carbocycles. The zero-order chi connectivity index (χ0) is 21.4. The van der Waals surface area contributed by atoms with Gasteiger partial charge in [-0.25, -0.2) is 8.42 Å². The van der Waals surface area contributed by atoms with Crippen LogP contribution in [0.4, 0.5) is 13.2 Å². The number of piperazine rings is 1. The van der Waals surface area contributed by atoms with Crippen LogP contribution in [0.1, 0.15) is 11.1 Å². The largest absolute Gasteiger partial charge is 0.573 e. The van der Waals surface area contributed by atoms with Crippen molar-refractivity contribution in [2.45, 2.75) is 24.2 Å². The molecule has 1 saturated heterocycles. The molecular formula is C20H21F3N2O4S. The Morgan fingerprint density at radius 2 is 1.80 bits per heavy atom. The normalized spacial score (nSPS) is 18.1. The first-order valence-electron chi connectivity index (χ1n) is 9.54. The second kappa shape index (κ2) is 8.09. The van der Waals surface area contributed by atoms with Crippen molar-refractivity contribution < 1.29 is 31.1 Å². The van der Waals surface area contributed by atoms with Crippen LogP contribution in [0.2, 0.25) is 0 Å². The first-order valence-corrected chi connectivity index (χ1v) is 11.0. The molecule has 0 unspecified atom stereocenters. The molecule has 1 fully saturated rings. The van der Waals surface area contributed by atoms with Crippen LogP contribution >= 0.6 is 0 Å². The van der Waals surface area contributed by atoms with Gasteiger partial charge in [0.2, 0.25) is 10.0 Å². The summed E-state index contributed by atoms with van der Waals surface area (Å²) in [4.78, 5) is 1.95. The number of benzene rings is 2. The number of hydrogen-bond acceptors (Lipinski definition) is 5. The van der Waals surface area contributed by atoms with Crippen LogP contribution in [0.5, 0.6) is 11.5 Å². The fraction of sp³-hybridized carbons (Fsp3) is 0.400. The molecule has 0 radical (unpaired) electrons. The van der Waals surface area contributed by atoms with E-state index < -0.39 is 22.1 Å². The molecule has 6 nitrogen and oxygen atoms in total. The van der Waals surface area contributed by atoms with E-state index in [4.69, 9.17) is 4.74 Å². The van der Waals surface area contributed by atoms with E-state index in [1.807, 2.05) is 12.1 Å². The highest BCUT2D eigenvalue weighted by Gasteiger charge is 2.33. The molecule has 0 saturated carbocycles. The molecule has 2 heterocycles. The van der Waals surface area contributed by atoms with Crippen molar-refractivity contribution in [3.63, 3.8) is 0 Å². The molecule has 30 heavy (non-hydrogen) atoms. The second-order valence-corrected chi connectivity index (χ2v) is 9.18. The number of rotatable bonds is 5. The van der Waals surface area contributed by atoms with E-state index in [1.165, 1.54) is 22.0 Å². The molecule has 2 aliphatic rings. The number of sulfonamides is 1. The monoisotopic (exact) mass is 442 g/mol. The molecular weight excluding hydrogens is 421 g/mol. The smallest absolute Gasteiger partial charge is 0.493 e. The highest BCUT2D eigenvalue weighted by Crippen LogP contribution is 2.28. The van der Waals surface area contributed by atoms with Crippen molar-refractivity contribution in [1.82, 2.24) is 9.21 Å². The summed E-state index contributed by atoms with van der Waals surface area (Å²) in [5, 5.41) is 0. The lowest BCUT2D eigenvalue weighted by molar-refractivity contribution is -0.274. The third kappa shape index (κ3) is 4.71. The lowest BCUT2D eigenvalue weighted by Gasteiger charge is -2.34. The minimum atomic E-state index is -4.88. The van der Waals surface area contributed by atoms with Gasteiger partial charge < -0.3 is 9.47 Å². The molecule has 0 N–H and O–H groups in total. The molecule has 0 aromatic heterocycles. The fourth-order valence-corrected chi connectivity index (χ4v) is 5.16. The Bertz CT molecular complexity index is 1020. The van der Waals surface area contributed by atoms with E-state index in [-0.39, 0.29) is 18.0 Å². The Balaban J connectivity index is 1.39. The van der Waals surface area contributed by atoms with Gasteiger partial charge in [0, 0.05) is 45.2 Å². The number of alkyl halides is 3. The molecule has 2 aliphatic heterocycles. The van der Waals surface area contributed by atoms with Gasteiger partial charge in [-0.2, -0.15) is 4.31 Å². The number of nitrogens with zero attached hydrogens (tertiary/aromatic N) is 2. The summed E-state index contributed by atoms with van der Waals surface area (Å²) in [6.07, 6.45) is -3.98. The van der Waals surface area contributed by atoms with Gasteiger partial charge in [-0.3, -0.25) is 4.90 Å². The first-order chi connectivity index (χ1) is 14.2. The molecule has 10 heteroatoms. The maximum absolute atomic E-state index is 12.9. The summed E-state index contributed by atoms with van der Waals surface area (Å²) in [6.45, 7) is 3.00. The van der Waals surface area contributed by atoms with E-state index in [0.717, 1.165) is 29.9 Å². The summed E-state index contributed by atoms with van der Waals surface area (Å²) >= 11 is 0. The fourth-order valence-electron chi connectivity index (χ4n) is 3.71. The van der Waals surface area contributed by atoms with Crippen molar-refractivity contribution in [1.29, 1.82) is 0 Å². The van der Waals surface area contributed by atoms with Crippen molar-refractivity contribution in [3.05, 3.63) is 53.6 Å². The van der Waals surface area contributed by atoms with Crippen LogP contribution in [-0.4, -0.2) is 56.8 Å². The van der Waals surface area contributed by atoms with Gasteiger partial charge in [-0.05, 0) is 29.3 Å². The van der Waals surface area contributed by atoms with Crippen LogP contribution in [0, 0.1) is 0 Å². The summed E-state index contributed by atoms with van der Waals surface area (Å²) < 4.78 is 73.6. The van der Waals surface area contributed by atoms with Crippen molar-refractivity contribution >= 4 is 10.0 Å². The minimum absolute atomic E-state index is 0.212. The Kier molecular flexibility index (Phi) is 5.65. The van der Waals surface area contributed by atoms with E-state index in [1.54, 1.807) is 0 Å². The van der Waals surface area contributed by atoms with E-state index in [9.17, 15) is 21.6 Å². The maximum atomic E-state index is 12.9. The topological polar surface area (TPSA) is 59.1 Å². The van der Waals surface area contributed by atoms with E-state index in [0.29, 0.717) is 26.2 Å². The highest BCUT2D eigenvalue weighted by molar-refractivity contribution is 7.89. The number of ether oxygens (including phenoxy) is 2. The summed E-state index contributed by atoms with van der Waals surface area (Å²) in [6, 6.07) is 10.6. The van der Waals surface area contributed by atoms with Gasteiger partial charge >= 0.3 is 6.36 Å². The average Bonchev–Trinajstić information content (AvgIpc) is 3.15. The van der Waals surface area contributed by atoms with Gasteiger partial charge in [-0.15, -0.1) is 13.2 Å². The molecule has 2 aromatic carbocycles. The Morgan fingerprint density at radius 3 is 2.53 bits per heavy atom. The molecule has 0 bridgehead atoms. The molecule has 2 aromatic rings.